The van der Waals surface area contributed by atoms with Crippen LogP contribution in [0.15, 0.2) is 76.5 Å². The fourth-order valence-corrected chi connectivity index (χ4v) is 3.89. The van der Waals surface area contributed by atoms with Gasteiger partial charge in [-0.2, -0.15) is 0 Å². The van der Waals surface area contributed by atoms with Crippen molar-refractivity contribution >= 4 is 29.3 Å². The van der Waals surface area contributed by atoms with Gasteiger partial charge in [-0.15, -0.1) is 10.2 Å². The number of aromatic nitrogens is 3. The molecule has 2 heterocycles. The molecule has 9 heteroatoms. The van der Waals surface area contributed by atoms with E-state index in [1.54, 1.807) is 30.5 Å². The number of carbonyl (C=O) groups is 2. The highest BCUT2D eigenvalue weighted by atomic mass is 32.2. The van der Waals surface area contributed by atoms with Gasteiger partial charge in [0.1, 0.15) is 5.76 Å². The van der Waals surface area contributed by atoms with Gasteiger partial charge in [0.2, 0.25) is 5.91 Å². The van der Waals surface area contributed by atoms with Gasteiger partial charge < -0.3 is 14.5 Å². The van der Waals surface area contributed by atoms with Crippen LogP contribution in [0.25, 0.3) is 11.4 Å². The Morgan fingerprint density at radius 2 is 1.82 bits per heavy atom. The average molecular weight is 463 g/mol. The van der Waals surface area contributed by atoms with Gasteiger partial charge >= 0.3 is 5.97 Å². The van der Waals surface area contributed by atoms with Crippen LogP contribution < -0.4 is 5.32 Å². The Kier molecular flexibility index (Phi) is 6.89. The Bertz CT molecular complexity index is 1230. The monoisotopic (exact) mass is 462 g/mol. The standard InChI is InChI=1S/C24H22N4O4S/c1-16-5-7-17(8-6-16)22-26-27-24(28(22)14-20-4-3-13-32-20)33-15-21(29)25-19-11-9-18(10-12-19)23(30)31-2/h3-13H,14-15H2,1-2H3,(H,25,29). The van der Waals surface area contributed by atoms with Gasteiger partial charge in [0.05, 0.1) is 31.2 Å². The molecule has 1 N–H and O–H groups in total. The summed E-state index contributed by atoms with van der Waals surface area (Å²) in [4.78, 5) is 24.0. The second-order valence-corrected chi connectivity index (χ2v) is 8.19. The number of carbonyl (C=O) groups excluding carboxylic acids is 2. The van der Waals surface area contributed by atoms with E-state index in [0.29, 0.717) is 28.8 Å². The number of anilines is 1. The molecule has 0 radical (unpaired) electrons. The van der Waals surface area contributed by atoms with E-state index < -0.39 is 5.97 Å². The Morgan fingerprint density at radius 3 is 2.48 bits per heavy atom. The summed E-state index contributed by atoms with van der Waals surface area (Å²) in [5, 5.41) is 12.1. The largest absolute Gasteiger partial charge is 0.467 e. The quantitative estimate of drug-likeness (QED) is 0.306. The molecule has 0 atom stereocenters. The van der Waals surface area contributed by atoms with Gasteiger partial charge in [-0.1, -0.05) is 41.6 Å². The zero-order chi connectivity index (χ0) is 23.2. The van der Waals surface area contributed by atoms with Crippen LogP contribution in [0.5, 0.6) is 0 Å². The lowest BCUT2D eigenvalue weighted by Gasteiger charge is -2.09. The summed E-state index contributed by atoms with van der Waals surface area (Å²) in [5.74, 6) is 0.981. The topological polar surface area (TPSA) is 99.2 Å². The molecule has 168 valence electrons. The fraction of sp³-hybridized carbons (Fsp3) is 0.167. The van der Waals surface area contributed by atoms with E-state index in [4.69, 9.17) is 4.42 Å². The van der Waals surface area contributed by atoms with Gasteiger partial charge in [-0.3, -0.25) is 9.36 Å². The summed E-state index contributed by atoms with van der Waals surface area (Å²) < 4.78 is 12.1. The van der Waals surface area contributed by atoms with E-state index in [1.807, 2.05) is 47.9 Å². The molecule has 33 heavy (non-hydrogen) atoms. The van der Waals surface area contributed by atoms with Crippen molar-refractivity contribution in [3.8, 4) is 11.4 Å². The van der Waals surface area contributed by atoms with E-state index in [2.05, 4.69) is 20.3 Å². The van der Waals surface area contributed by atoms with Crippen molar-refractivity contribution in [3.05, 3.63) is 83.8 Å². The van der Waals surface area contributed by atoms with Crippen LogP contribution in [-0.2, 0) is 16.1 Å². The molecular formula is C24H22N4O4S. The highest BCUT2D eigenvalue weighted by molar-refractivity contribution is 7.99. The van der Waals surface area contributed by atoms with Gasteiger partial charge in [0, 0.05) is 11.3 Å². The molecule has 0 unspecified atom stereocenters. The molecule has 1 amide bonds. The first-order chi connectivity index (χ1) is 16.0. The Balaban J connectivity index is 1.47. The lowest BCUT2D eigenvalue weighted by Crippen LogP contribution is -2.15. The predicted octanol–water partition coefficient (Wildman–Crippen LogP) is 4.41. The maximum Gasteiger partial charge on any atom is 0.337 e. The van der Waals surface area contributed by atoms with Crippen molar-refractivity contribution in [2.45, 2.75) is 18.6 Å². The first-order valence-corrected chi connectivity index (χ1v) is 11.2. The normalized spacial score (nSPS) is 10.7. The van der Waals surface area contributed by atoms with Crippen LogP contribution in [0.1, 0.15) is 21.7 Å². The Labute approximate surface area is 195 Å². The first-order valence-electron chi connectivity index (χ1n) is 10.2. The van der Waals surface area contributed by atoms with E-state index in [0.717, 1.165) is 16.9 Å². The number of hydrogen-bond donors (Lipinski definition) is 1. The van der Waals surface area contributed by atoms with Crippen LogP contribution in [0.4, 0.5) is 5.69 Å². The number of ether oxygens (including phenoxy) is 1. The zero-order valence-corrected chi connectivity index (χ0v) is 19.0. The molecular weight excluding hydrogens is 440 g/mol. The molecule has 2 aromatic heterocycles. The summed E-state index contributed by atoms with van der Waals surface area (Å²) in [6.45, 7) is 2.47. The van der Waals surface area contributed by atoms with Crippen molar-refractivity contribution in [1.29, 1.82) is 0 Å². The number of thioether (sulfide) groups is 1. The fourth-order valence-electron chi connectivity index (χ4n) is 3.15. The van der Waals surface area contributed by atoms with Crippen molar-refractivity contribution in [2.75, 3.05) is 18.2 Å². The van der Waals surface area contributed by atoms with Gasteiger partial charge in [0.15, 0.2) is 11.0 Å². The Morgan fingerprint density at radius 1 is 1.06 bits per heavy atom. The number of rotatable bonds is 8. The molecule has 0 saturated carbocycles. The minimum Gasteiger partial charge on any atom is -0.467 e. The summed E-state index contributed by atoms with van der Waals surface area (Å²) in [5.41, 5.74) is 3.09. The summed E-state index contributed by atoms with van der Waals surface area (Å²) >= 11 is 1.29. The van der Waals surface area contributed by atoms with Crippen LogP contribution in [0.3, 0.4) is 0 Å². The number of nitrogens with zero attached hydrogens (tertiary/aromatic N) is 3. The number of amides is 1. The predicted molar refractivity (Wildman–Crippen MR) is 125 cm³/mol. The third kappa shape index (κ3) is 5.50. The molecule has 0 fully saturated rings. The highest BCUT2D eigenvalue weighted by Gasteiger charge is 2.17. The minimum atomic E-state index is -0.427. The average Bonchev–Trinajstić information content (AvgIpc) is 3.49. The van der Waals surface area contributed by atoms with Crippen molar-refractivity contribution in [2.24, 2.45) is 0 Å². The zero-order valence-electron chi connectivity index (χ0n) is 18.1. The van der Waals surface area contributed by atoms with Gasteiger partial charge in [-0.05, 0) is 43.3 Å². The number of furan rings is 1. The van der Waals surface area contributed by atoms with Gasteiger partial charge in [0.25, 0.3) is 0 Å². The molecule has 0 aliphatic heterocycles. The summed E-state index contributed by atoms with van der Waals surface area (Å²) in [6, 6.07) is 18.3. The maximum absolute atomic E-state index is 12.5. The van der Waals surface area contributed by atoms with Crippen LogP contribution >= 0.6 is 11.8 Å². The molecule has 0 bridgehead atoms. The smallest absolute Gasteiger partial charge is 0.337 e. The lowest BCUT2D eigenvalue weighted by molar-refractivity contribution is -0.113. The van der Waals surface area contributed by atoms with Gasteiger partial charge in [-0.25, -0.2) is 4.79 Å². The van der Waals surface area contributed by atoms with E-state index in [9.17, 15) is 9.59 Å². The van der Waals surface area contributed by atoms with Crippen molar-refractivity contribution in [1.82, 2.24) is 14.8 Å². The molecule has 0 aliphatic carbocycles. The molecule has 0 aliphatic rings. The maximum atomic E-state index is 12.5. The van der Waals surface area contributed by atoms with E-state index >= 15 is 0 Å². The summed E-state index contributed by atoms with van der Waals surface area (Å²) in [6.07, 6.45) is 1.62. The second kappa shape index (κ2) is 10.2. The number of esters is 1. The second-order valence-electron chi connectivity index (χ2n) is 7.24. The number of nitrogens with one attached hydrogen (secondary N) is 1. The van der Waals surface area contributed by atoms with E-state index in [-0.39, 0.29) is 11.7 Å². The third-order valence-electron chi connectivity index (χ3n) is 4.84. The van der Waals surface area contributed by atoms with E-state index in [1.165, 1.54) is 18.9 Å². The van der Waals surface area contributed by atoms with Crippen LogP contribution in [-0.4, -0.2) is 39.5 Å². The Hall–Kier alpha value is -3.85. The molecule has 8 nitrogen and oxygen atoms in total. The number of benzene rings is 2. The molecule has 0 saturated heterocycles. The minimum absolute atomic E-state index is 0.142. The number of aryl methyl sites for hydroxylation is 1. The molecule has 4 rings (SSSR count). The number of hydrogen-bond acceptors (Lipinski definition) is 7. The highest BCUT2D eigenvalue weighted by Crippen LogP contribution is 2.26. The number of methoxy groups -OCH3 is 1. The van der Waals surface area contributed by atoms with Crippen LogP contribution in [0, 0.1) is 6.92 Å². The first kappa shape index (κ1) is 22.3. The van der Waals surface area contributed by atoms with Crippen molar-refractivity contribution < 1.29 is 18.7 Å². The summed E-state index contributed by atoms with van der Waals surface area (Å²) in [7, 11) is 1.32. The molecule has 4 aromatic rings. The molecule has 2 aromatic carbocycles. The third-order valence-corrected chi connectivity index (χ3v) is 5.81. The van der Waals surface area contributed by atoms with Crippen LogP contribution in [0.2, 0.25) is 0 Å². The lowest BCUT2D eigenvalue weighted by atomic mass is 10.1. The molecule has 0 spiro atoms. The SMILES string of the molecule is COC(=O)c1ccc(NC(=O)CSc2nnc(-c3ccc(C)cc3)n2Cc2ccco2)cc1. The van der Waals surface area contributed by atoms with Crippen molar-refractivity contribution in [3.63, 3.8) is 0 Å².